The molecule has 0 spiro atoms. The summed E-state index contributed by atoms with van der Waals surface area (Å²) >= 11 is 1.39. The van der Waals surface area contributed by atoms with E-state index in [1.807, 2.05) is 0 Å². The van der Waals surface area contributed by atoms with Crippen LogP contribution < -0.4 is 11.1 Å². The second kappa shape index (κ2) is 7.95. The molecule has 0 radical (unpaired) electrons. The molecule has 1 aliphatic rings. The number of rotatable bonds is 5. The number of nitrogens with two attached hydrogens (primary N) is 1. The molecule has 0 saturated carbocycles. The summed E-state index contributed by atoms with van der Waals surface area (Å²) in [5.74, 6) is -1.98. The van der Waals surface area contributed by atoms with E-state index in [9.17, 15) is 18.4 Å². The second-order valence-corrected chi connectivity index (χ2v) is 7.52. The Morgan fingerprint density at radius 1 is 1.15 bits per heavy atom. The molecule has 0 bridgehead atoms. The van der Waals surface area contributed by atoms with Crippen LogP contribution in [0.2, 0.25) is 0 Å². The third-order valence-corrected chi connectivity index (χ3v) is 5.76. The highest BCUT2D eigenvalue weighted by Gasteiger charge is 2.24. The molecule has 0 saturated heterocycles. The Labute approximate surface area is 154 Å². The normalized spacial score (nSPS) is 13.8. The minimum Gasteiger partial charge on any atom is -0.365 e. The fourth-order valence-corrected chi connectivity index (χ4v) is 4.57. The summed E-state index contributed by atoms with van der Waals surface area (Å²) in [4.78, 5) is 25.3. The van der Waals surface area contributed by atoms with Crippen molar-refractivity contribution in [2.75, 3.05) is 5.32 Å². The number of carbonyl (C=O) groups is 2. The summed E-state index contributed by atoms with van der Waals surface area (Å²) in [5.41, 5.74) is 7.04. The van der Waals surface area contributed by atoms with Crippen molar-refractivity contribution in [3.63, 3.8) is 0 Å². The van der Waals surface area contributed by atoms with Crippen LogP contribution in [0.25, 0.3) is 0 Å². The smallest absolute Gasteiger partial charge is 0.251 e. The minimum atomic E-state index is -0.545. The largest absolute Gasteiger partial charge is 0.365 e. The van der Waals surface area contributed by atoms with Crippen molar-refractivity contribution in [1.29, 1.82) is 0 Å². The molecule has 0 atom stereocenters. The average molecular weight is 378 g/mol. The first-order chi connectivity index (χ1) is 12.5. The quantitative estimate of drug-likeness (QED) is 0.773. The number of hydrogen-bond donors (Lipinski definition) is 2. The summed E-state index contributed by atoms with van der Waals surface area (Å²) in [7, 11) is 0. The number of aryl methyl sites for hydroxylation is 2. The number of fused-ring (bicyclic) bond motifs is 1. The van der Waals surface area contributed by atoms with Gasteiger partial charge in [0, 0.05) is 11.3 Å². The number of benzene rings is 1. The molecule has 26 heavy (non-hydrogen) atoms. The molecular formula is C19H20F2N2O2S. The molecule has 1 aromatic carbocycles. The molecule has 2 amide bonds. The third-order valence-electron chi connectivity index (χ3n) is 4.55. The van der Waals surface area contributed by atoms with Crippen molar-refractivity contribution in [3.05, 3.63) is 51.4 Å². The van der Waals surface area contributed by atoms with E-state index in [1.54, 1.807) is 0 Å². The van der Waals surface area contributed by atoms with Crippen molar-refractivity contribution in [2.45, 2.75) is 44.9 Å². The molecule has 1 aromatic heterocycles. The van der Waals surface area contributed by atoms with E-state index in [2.05, 4.69) is 5.32 Å². The van der Waals surface area contributed by atoms with E-state index in [-0.39, 0.29) is 24.3 Å². The zero-order valence-electron chi connectivity index (χ0n) is 14.2. The van der Waals surface area contributed by atoms with Gasteiger partial charge in [0.1, 0.15) is 16.6 Å². The van der Waals surface area contributed by atoms with Gasteiger partial charge in [0.2, 0.25) is 5.91 Å². The number of halogens is 2. The van der Waals surface area contributed by atoms with Crippen molar-refractivity contribution in [2.24, 2.45) is 5.73 Å². The minimum absolute atomic E-state index is 0.0128. The number of hydrogen-bond acceptors (Lipinski definition) is 3. The highest BCUT2D eigenvalue weighted by atomic mass is 32.1. The molecular weight excluding hydrogens is 358 g/mol. The van der Waals surface area contributed by atoms with Crippen LogP contribution in [0.1, 0.15) is 52.0 Å². The lowest BCUT2D eigenvalue weighted by Crippen LogP contribution is -2.18. The zero-order chi connectivity index (χ0) is 18.7. The Bertz CT molecular complexity index is 848. The van der Waals surface area contributed by atoms with Crippen LogP contribution in [0.5, 0.6) is 0 Å². The van der Waals surface area contributed by atoms with Crippen LogP contribution in [0, 0.1) is 11.6 Å². The van der Waals surface area contributed by atoms with Gasteiger partial charge in [0.25, 0.3) is 5.91 Å². The van der Waals surface area contributed by atoms with E-state index in [1.165, 1.54) is 11.3 Å². The summed E-state index contributed by atoms with van der Waals surface area (Å²) < 4.78 is 26.9. The summed E-state index contributed by atoms with van der Waals surface area (Å²) in [5, 5.41) is 3.20. The van der Waals surface area contributed by atoms with Gasteiger partial charge in [-0.1, -0.05) is 6.42 Å². The van der Waals surface area contributed by atoms with Gasteiger partial charge in [-0.05, 0) is 61.4 Å². The molecule has 0 fully saturated rings. The van der Waals surface area contributed by atoms with Gasteiger partial charge in [-0.25, -0.2) is 8.78 Å². The van der Waals surface area contributed by atoms with Crippen LogP contribution in [-0.4, -0.2) is 11.8 Å². The lowest BCUT2D eigenvalue weighted by molar-refractivity contribution is -0.116. The summed E-state index contributed by atoms with van der Waals surface area (Å²) in [6.45, 7) is 0. The van der Waals surface area contributed by atoms with Crippen LogP contribution in [0.4, 0.5) is 13.8 Å². The number of primary amides is 1. The first kappa shape index (κ1) is 18.5. The lowest BCUT2D eigenvalue weighted by Gasteiger charge is -2.07. The van der Waals surface area contributed by atoms with Gasteiger partial charge < -0.3 is 11.1 Å². The zero-order valence-corrected chi connectivity index (χ0v) is 15.1. The first-order valence-corrected chi connectivity index (χ1v) is 9.45. The lowest BCUT2D eigenvalue weighted by atomic mass is 10.0. The summed E-state index contributed by atoms with van der Waals surface area (Å²) in [6, 6.07) is 3.17. The number of anilines is 1. The monoisotopic (exact) mass is 378 g/mol. The Morgan fingerprint density at radius 2 is 1.92 bits per heavy atom. The molecule has 0 unspecified atom stereocenters. The van der Waals surface area contributed by atoms with Crippen LogP contribution in [-0.2, 0) is 24.1 Å². The Hall–Kier alpha value is -2.28. The predicted octanol–water partition coefficient (Wildman–Crippen LogP) is 3.97. The van der Waals surface area contributed by atoms with E-state index >= 15 is 0 Å². The molecule has 2 aromatic rings. The van der Waals surface area contributed by atoms with Crippen molar-refractivity contribution >= 4 is 28.2 Å². The Morgan fingerprint density at radius 3 is 2.69 bits per heavy atom. The predicted molar refractivity (Wildman–Crippen MR) is 97.4 cm³/mol. The number of thiophene rings is 1. The Kier molecular flexibility index (Phi) is 5.66. The molecule has 7 heteroatoms. The molecule has 3 N–H and O–H groups in total. The van der Waals surface area contributed by atoms with Crippen molar-refractivity contribution in [1.82, 2.24) is 0 Å². The maximum Gasteiger partial charge on any atom is 0.251 e. The topological polar surface area (TPSA) is 72.2 Å². The van der Waals surface area contributed by atoms with Crippen molar-refractivity contribution < 1.29 is 18.4 Å². The molecule has 1 heterocycles. The van der Waals surface area contributed by atoms with E-state index in [4.69, 9.17) is 5.73 Å². The Balaban J connectivity index is 1.73. The molecule has 0 aliphatic heterocycles. The number of nitrogens with one attached hydrogen (secondary N) is 1. The first-order valence-electron chi connectivity index (χ1n) is 8.64. The van der Waals surface area contributed by atoms with Gasteiger partial charge in [0.15, 0.2) is 0 Å². The SMILES string of the molecule is NC(=O)c1c(NC(=O)CCc2cc(F)ccc2F)sc2c1CCCCC2. The van der Waals surface area contributed by atoms with Crippen LogP contribution in [0.3, 0.4) is 0 Å². The van der Waals surface area contributed by atoms with E-state index in [0.717, 1.165) is 60.7 Å². The average Bonchev–Trinajstić information content (AvgIpc) is 2.77. The van der Waals surface area contributed by atoms with E-state index in [0.29, 0.717) is 10.6 Å². The number of amides is 2. The van der Waals surface area contributed by atoms with Crippen LogP contribution >= 0.6 is 11.3 Å². The number of carbonyl (C=O) groups excluding carboxylic acids is 2. The fraction of sp³-hybridized carbons (Fsp3) is 0.368. The van der Waals surface area contributed by atoms with Gasteiger partial charge in [-0.15, -0.1) is 11.3 Å². The van der Waals surface area contributed by atoms with E-state index < -0.39 is 17.5 Å². The van der Waals surface area contributed by atoms with Gasteiger partial charge in [0.05, 0.1) is 5.56 Å². The maximum atomic E-state index is 13.7. The third kappa shape index (κ3) is 4.09. The van der Waals surface area contributed by atoms with Gasteiger partial charge in [-0.2, -0.15) is 0 Å². The second-order valence-electron chi connectivity index (χ2n) is 6.42. The highest BCUT2D eigenvalue weighted by Crippen LogP contribution is 2.37. The maximum absolute atomic E-state index is 13.7. The summed E-state index contributed by atoms with van der Waals surface area (Å²) in [6.07, 6.45) is 4.89. The molecule has 3 rings (SSSR count). The van der Waals surface area contributed by atoms with Crippen molar-refractivity contribution in [3.8, 4) is 0 Å². The molecule has 4 nitrogen and oxygen atoms in total. The fourth-order valence-electron chi connectivity index (χ4n) is 3.26. The molecule has 138 valence electrons. The molecule has 1 aliphatic carbocycles. The standard InChI is InChI=1S/C19H20F2N2O2S/c20-12-7-8-14(21)11(10-12)6-9-16(24)23-19-17(18(22)25)13-4-2-1-3-5-15(13)26-19/h7-8,10H,1-6,9H2,(H2,22,25)(H,23,24). The van der Waals surface area contributed by atoms with Crippen LogP contribution in [0.15, 0.2) is 18.2 Å². The highest BCUT2D eigenvalue weighted by molar-refractivity contribution is 7.17. The van der Waals surface area contributed by atoms with Gasteiger partial charge in [-0.3, -0.25) is 9.59 Å². The van der Waals surface area contributed by atoms with Gasteiger partial charge >= 0.3 is 0 Å².